The number of aromatic amines is 1. The van der Waals surface area contributed by atoms with Crippen molar-refractivity contribution in [3.05, 3.63) is 10.8 Å². The van der Waals surface area contributed by atoms with E-state index in [0.29, 0.717) is 12.4 Å². The van der Waals surface area contributed by atoms with Crippen LogP contribution in [0.3, 0.4) is 0 Å². The summed E-state index contributed by atoms with van der Waals surface area (Å²) in [6, 6.07) is 2.25. The van der Waals surface area contributed by atoms with E-state index in [2.05, 4.69) is 34.9 Å². The minimum atomic E-state index is -3.58. The summed E-state index contributed by atoms with van der Waals surface area (Å²) in [5.74, 6) is 0.652. The number of nitrogens with zero attached hydrogens (tertiary/aromatic N) is 2. The molecule has 3 N–H and O–H groups in total. The maximum absolute atomic E-state index is 12.1. The predicted molar refractivity (Wildman–Crippen MR) is 106 cm³/mol. The van der Waals surface area contributed by atoms with Crippen molar-refractivity contribution in [1.29, 1.82) is 0 Å². The van der Waals surface area contributed by atoms with Gasteiger partial charge in [-0.15, -0.1) is 0 Å². The highest BCUT2D eigenvalue weighted by Gasteiger charge is 2.21. The SMILES string of the molecule is C[C@H](CO)Nc1cc(N(COCC[Si](C)(C)C)S(C)(=O)=O)nc(=S)[nH]1. The first-order valence-electron chi connectivity index (χ1n) is 7.96. The molecule has 0 aliphatic rings. The van der Waals surface area contributed by atoms with Crippen LogP contribution in [-0.2, 0) is 14.8 Å². The molecular formula is C14H28N4O4S2Si. The molecule has 11 heteroatoms. The maximum Gasteiger partial charge on any atom is 0.235 e. The van der Waals surface area contributed by atoms with Gasteiger partial charge in [-0.1, -0.05) is 19.6 Å². The van der Waals surface area contributed by atoms with Crippen LogP contribution >= 0.6 is 12.2 Å². The van der Waals surface area contributed by atoms with E-state index in [1.807, 2.05) is 0 Å². The maximum atomic E-state index is 12.1. The average molecular weight is 409 g/mol. The highest BCUT2D eigenvalue weighted by Crippen LogP contribution is 2.18. The van der Waals surface area contributed by atoms with E-state index < -0.39 is 18.1 Å². The number of hydrogen-bond acceptors (Lipinski definition) is 7. The fourth-order valence-electron chi connectivity index (χ4n) is 1.82. The predicted octanol–water partition coefficient (Wildman–Crippen LogP) is 2.01. The van der Waals surface area contributed by atoms with Gasteiger partial charge in [-0.2, -0.15) is 0 Å². The van der Waals surface area contributed by atoms with E-state index in [9.17, 15) is 8.42 Å². The summed E-state index contributed by atoms with van der Waals surface area (Å²) in [7, 11) is -4.84. The molecule has 0 spiro atoms. The Morgan fingerprint density at radius 1 is 1.48 bits per heavy atom. The summed E-state index contributed by atoms with van der Waals surface area (Å²) >= 11 is 5.08. The quantitative estimate of drug-likeness (QED) is 0.235. The molecule has 25 heavy (non-hydrogen) atoms. The molecule has 0 bridgehead atoms. The summed E-state index contributed by atoms with van der Waals surface area (Å²) < 4.78 is 31.1. The van der Waals surface area contributed by atoms with Gasteiger partial charge in [0.1, 0.15) is 12.5 Å². The Balaban J connectivity index is 2.98. The Labute approximate surface area is 155 Å². The third-order valence-electron chi connectivity index (χ3n) is 3.27. The lowest BCUT2D eigenvalue weighted by Gasteiger charge is -2.23. The molecular weight excluding hydrogens is 380 g/mol. The van der Waals surface area contributed by atoms with Crippen molar-refractivity contribution in [3.8, 4) is 0 Å². The molecule has 1 heterocycles. The van der Waals surface area contributed by atoms with Gasteiger partial charge in [0.15, 0.2) is 10.6 Å². The monoisotopic (exact) mass is 408 g/mol. The van der Waals surface area contributed by atoms with Crippen LogP contribution in [0.4, 0.5) is 11.6 Å². The number of aliphatic hydroxyl groups is 1. The van der Waals surface area contributed by atoms with Crippen LogP contribution in [0, 0.1) is 4.77 Å². The third-order valence-corrected chi connectivity index (χ3v) is 6.26. The molecule has 0 fully saturated rings. The van der Waals surface area contributed by atoms with Gasteiger partial charge in [-0.3, -0.25) is 0 Å². The van der Waals surface area contributed by atoms with E-state index in [1.54, 1.807) is 6.92 Å². The Bertz CT molecular complexity index is 718. The van der Waals surface area contributed by atoms with Crippen molar-refractivity contribution in [1.82, 2.24) is 9.97 Å². The van der Waals surface area contributed by atoms with Crippen LogP contribution in [0.2, 0.25) is 25.7 Å². The number of anilines is 2. The van der Waals surface area contributed by atoms with Crippen molar-refractivity contribution in [3.63, 3.8) is 0 Å². The van der Waals surface area contributed by atoms with Crippen molar-refractivity contribution in [2.45, 2.75) is 38.7 Å². The first kappa shape index (κ1) is 22.0. The second-order valence-corrected chi connectivity index (χ2v) is 15.1. The number of rotatable bonds is 10. The van der Waals surface area contributed by atoms with E-state index in [4.69, 9.17) is 22.1 Å². The molecule has 1 atom stereocenters. The lowest BCUT2D eigenvalue weighted by atomic mass is 10.3. The largest absolute Gasteiger partial charge is 0.394 e. The summed E-state index contributed by atoms with van der Waals surface area (Å²) in [4.78, 5) is 6.92. The van der Waals surface area contributed by atoms with Gasteiger partial charge in [0.2, 0.25) is 10.0 Å². The fourth-order valence-corrected chi connectivity index (χ4v) is 3.48. The van der Waals surface area contributed by atoms with Crippen molar-refractivity contribution < 1.29 is 18.3 Å². The summed E-state index contributed by atoms with van der Waals surface area (Å²) in [5.41, 5.74) is 0. The number of sulfonamides is 1. The number of ether oxygens (including phenoxy) is 1. The minimum absolute atomic E-state index is 0.0755. The number of aliphatic hydroxyl groups excluding tert-OH is 1. The lowest BCUT2D eigenvalue weighted by Crippen LogP contribution is -2.34. The number of H-pyrrole nitrogens is 1. The topological polar surface area (TPSA) is 108 Å². The van der Waals surface area contributed by atoms with E-state index in [1.165, 1.54) is 6.07 Å². The number of nitrogens with one attached hydrogen (secondary N) is 2. The molecule has 1 rings (SSSR count). The molecule has 0 aliphatic heterocycles. The molecule has 0 aliphatic carbocycles. The summed E-state index contributed by atoms with van der Waals surface area (Å²) in [6.07, 6.45) is 1.10. The first-order valence-corrected chi connectivity index (χ1v) is 13.9. The van der Waals surface area contributed by atoms with E-state index in [-0.39, 0.29) is 30.0 Å². The molecule has 144 valence electrons. The van der Waals surface area contributed by atoms with Crippen molar-refractivity contribution in [2.75, 3.05) is 35.8 Å². The Morgan fingerprint density at radius 3 is 2.64 bits per heavy atom. The van der Waals surface area contributed by atoms with Crippen molar-refractivity contribution in [2.24, 2.45) is 0 Å². The average Bonchev–Trinajstić information content (AvgIpc) is 2.43. The summed E-state index contributed by atoms with van der Waals surface area (Å²) in [5, 5.41) is 12.1. The molecule has 1 aromatic heterocycles. The molecule has 0 amide bonds. The Morgan fingerprint density at radius 2 is 2.12 bits per heavy atom. The van der Waals surface area contributed by atoms with E-state index >= 15 is 0 Å². The van der Waals surface area contributed by atoms with Gasteiger partial charge < -0.3 is 20.1 Å². The van der Waals surface area contributed by atoms with E-state index in [0.717, 1.165) is 16.6 Å². The Kier molecular flexibility index (Phi) is 8.00. The van der Waals surface area contributed by atoms with Gasteiger partial charge in [0.25, 0.3) is 0 Å². The number of hydrogen-bond donors (Lipinski definition) is 3. The van der Waals surface area contributed by atoms with Crippen LogP contribution in [-0.4, -0.2) is 63.8 Å². The van der Waals surface area contributed by atoms with Gasteiger partial charge in [0.05, 0.1) is 12.9 Å². The molecule has 0 aromatic carbocycles. The zero-order valence-corrected chi connectivity index (χ0v) is 18.0. The highest BCUT2D eigenvalue weighted by molar-refractivity contribution is 7.92. The van der Waals surface area contributed by atoms with Gasteiger partial charge in [-0.05, 0) is 25.2 Å². The normalized spacial score (nSPS) is 13.5. The van der Waals surface area contributed by atoms with Crippen LogP contribution in [0.15, 0.2) is 6.07 Å². The smallest absolute Gasteiger partial charge is 0.235 e. The standard InChI is InChI=1S/C14H28N4O4S2Si/c1-11(9-19)15-12-8-13(17-14(23)16-12)18(24(2,20)21)10-22-6-7-25(3,4)5/h8,11,19H,6-7,9-10H2,1-5H3,(H2,15,16,17,23)/t11-/m1/s1. The van der Waals surface area contributed by atoms with Crippen LogP contribution in [0.25, 0.3) is 0 Å². The molecule has 0 saturated heterocycles. The molecule has 1 aromatic rings. The zero-order chi connectivity index (χ0) is 19.3. The van der Waals surface area contributed by atoms with Gasteiger partial charge in [-0.25, -0.2) is 17.7 Å². The van der Waals surface area contributed by atoms with Crippen LogP contribution in [0.5, 0.6) is 0 Å². The van der Waals surface area contributed by atoms with Gasteiger partial charge >= 0.3 is 0 Å². The molecule has 0 unspecified atom stereocenters. The zero-order valence-electron chi connectivity index (χ0n) is 15.4. The molecule has 0 radical (unpaired) electrons. The Hall–Kier alpha value is -1.01. The lowest BCUT2D eigenvalue weighted by molar-refractivity contribution is 0.156. The molecule has 8 nitrogen and oxygen atoms in total. The summed E-state index contributed by atoms with van der Waals surface area (Å²) in [6.45, 7) is 8.76. The second-order valence-electron chi connectivity index (χ2n) is 7.15. The molecule has 0 saturated carbocycles. The minimum Gasteiger partial charge on any atom is -0.394 e. The fraction of sp³-hybridized carbons (Fsp3) is 0.714. The van der Waals surface area contributed by atoms with Crippen molar-refractivity contribution >= 4 is 42.0 Å². The third kappa shape index (κ3) is 8.27. The van der Waals surface area contributed by atoms with Crippen LogP contribution < -0.4 is 9.62 Å². The first-order chi connectivity index (χ1) is 11.4. The van der Waals surface area contributed by atoms with Crippen LogP contribution in [0.1, 0.15) is 6.92 Å². The second kappa shape index (κ2) is 9.08. The van der Waals surface area contributed by atoms with Gasteiger partial charge in [0, 0.05) is 26.8 Å². The highest BCUT2D eigenvalue weighted by atomic mass is 32.2. The number of aromatic nitrogens is 2.